The number of carboxylic acids is 1. The van der Waals surface area contributed by atoms with Gasteiger partial charge in [-0.15, -0.1) is 0 Å². The minimum Gasteiger partial charge on any atom is -0.476 e. The van der Waals surface area contributed by atoms with Crippen LogP contribution in [0.1, 0.15) is 53.1 Å². The summed E-state index contributed by atoms with van der Waals surface area (Å²) in [6.45, 7) is 6.97. The fraction of sp³-hybridized carbons (Fsp3) is 0.400. The number of carbonyl (C=O) groups is 1. The zero-order chi connectivity index (χ0) is 24.7. The van der Waals surface area contributed by atoms with Gasteiger partial charge in [0.15, 0.2) is 17.2 Å². The summed E-state index contributed by atoms with van der Waals surface area (Å²) in [5.74, 6) is -0.587. The maximum Gasteiger partial charge on any atom is 0.356 e. The third-order valence-corrected chi connectivity index (χ3v) is 7.07. The Hall–Kier alpha value is -3.48. The maximum absolute atomic E-state index is 11.7. The molecule has 0 unspecified atom stereocenters. The van der Waals surface area contributed by atoms with E-state index in [1.54, 1.807) is 12.1 Å². The van der Waals surface area contributed by atoms with Gasteiger partial charge in [-0.3, -0.25) is 0 Å². The number of nitriles is 1. The number of hydrogen-bond acceptors (Lipinski definition) is 8. The van der Waals surface area contributed by atoms with Crippen molar-refractivity contribution in [1.82, 2.24) is 15.0 Å². The molecule has 1 spiro atoms. The molecule has 0 radical (unpaired) electrons. The highest BCUT2D eigenvalue weighted by atomic mass is 35.5. The molecule has 4 heterocycles. The van der Waals surface area contributed by atoms with Crippen LogP contribution < -0.4 is 10.2 Å². The first kappa shape index (κ1) is 23.3. The average Bonchev–Trinajstić information content (AvgIpc) is 3.48. The van der Waals surface area contributed by atoms with Gasteiger partial charge in [-0.05, 0) is 50.5 Å². The first-order chi connectivity index (χ1) is 16.8. The first-order valence-corrected chi connectivity index (χ1v) is 11.9. The molecule has 2 N–H and O–H groups in total. The van der Waals surface area contributed by atoms with Gasteiger partial charge in [-0.1, -0.05) is 17.7 Å². The minimum atomic E-state index is -1.17. The van der Waals surface area contributed by atoms with E-state index in [0.29, 0.717) is 28.2 Å². The highest BCUT2D eigenvalue weighted by Crippen LogP contribution is 2.40. The van der Waals surface area contributed by atoms with Crippen LogP contribution in [-0.2, 0) is 4.74 Å². The molecule has 5 rings (SSSR count). The molecule has 2 aliphatic rings. The number of anilines is 2. The number of hydrogen-bond donors (Lipinski definition) is 2. The summed E-state index contributed by atoms with van der Waals surface area (Å²) in [4.78, 5) is 27.4. The van der Waals surface area contributed by atoms with Crippen LogP contribution >= 0.6 is 11.6 Å². The van der Waals surface area contributed by atoms with E-state index in [2.05, 4.69) is 26.3 Å². The molecule has 2 fully saturated rings. The summed E-state index contributed by atoms with van der Waals surface area (Å²) >= 11 is 5.91. The lowest BCUT2D eigenvalue weighted by molar-refractivity contribution is 0.0691. The van der Waals surface area contributed by atoms with Crippen molar-refractivity contribution in [3.8, 4) is 6.07 Å². The normalized spacial score (nSPS) is 20.3. The maximum atomic E-state index is 11.7. The van der Waals surface area contributed by atoms with Crippen molar-refractivity contribution in [1.29, 1.82) is 5.26 Å². The standard InChI is InChI=1S/C25H25ClN6O3/c1-14-9-16(15(2)28-17-3-4-20(26)30-22(17)24(33)34)21-18(10-14)29-19(11-27)23(31-21)32-7-5-25(12-32)6-8-35-13-25/h3-4,9-10,15,28H,5-8,12-13H2,1-2H3,(H,33,34)/t15-,25+/m1/s1. The molecule has 0 bridgehead atoms. The number of aromatic carboxylic acids is 1. The number of carboxylic acid groups (broad SMARTS) is 1. The Morgan fingerprint density at radius 1 is 1.31 bits per heavy atom. The Labute approximate surface area is 207 Å². The number of benzene rings is 1. The zero-order valence-electron chi connectivity index (χ0n) is 19.5. The van der Waals surface area contributed by atoms with Crippen molar-refractivity contribution in [2.45, 2.75) is 32.7 Å². The highest BCUT2D eigenvalue weighted by Gasteiger charge is 2.42. The van der Waals surface area contributed by atoms with E-state index in [0.717, 1.165) is 50.3 Å². The topological polar surface area (TPSA) is 124 Å². The Bertz CT molecular complexity index is 1370. The Balaban J connectivity index is 1.55. The molecule has 180 valence electrons. The summed E-state index contributed by atoms with van der Waals surface area (Å²) in [5.41, 5.74) is 3.73. The number of aryl methyl sites for hydroxylation is 1. The molecule has 2 aliphatic heterocycles. The van der Waals surface area contributed by atoms with Gasteiger partial charge in [0.05, 0.1) is 29.4 Å². The summed E-state index contributed by atoms with van der Waals surface area (Å²) in [6, 6.07) is 8.97. The minimum absolute atomic E-state index is 0.109. The fourth-order valence-electron chi connectivity index (χ4n) is 5.06. The predicted octanol–water partition coefficient (Wildman–Crippen LogP) is 4.35. The molecule has 1 aromatic carbocycles. The van der Waals surface area contributed by atoms with Crippen LogP contribution in [0.2, 0.25) is 5.15 Å². The van der Waals surface area contributed by atoms with Crippen LogP contribution in [0.4, 0.5) is 11.5 Å². The van der Waals surface area contributed by atoms with E-state index in [9.17, 15) is 15.2 Å². The average molecular weight is 493 g/mol. The zero-order valence-corrected chi connectivity index (χ0v) is 20.3. The van der Waals surface area contributed by atoms with Crippen LogP contribution in [0.25, 0.3) is 11.0 Å². The molecule has 0 aliphatic carbocycles. The van der Waals surface area contributed by atoms with Crippen molar-refractivity contribution >= 4 is 40.1 Å². The Kier molecular flexibility index (Phi) is 5.95. The van der Waals surface area contributed by atoms with Crippen molar-refractivity contribution in [2.24, 2.45) is 5.41 Å². The number of nitrogens with zero attached hydrogens (tertiary/aromatic N) is 5. The number of fused-ring (bicyclic) bond motifs is 1. The van der Waals surface area contributed by atoms with Crippen LogP contribution in [-0.4, -0.2) is 52.3 Å². The number of nitrogens with one attached hydrogen (secondary N) is 1. The molecule has 2 aromatic heterocycles. The molecule has 9 nitrogen and oxygen atoms in total. The molecule has 3 aromatic rings. The summed E-state index contributed by atoms with van der Waals surface area (Å²) in [7, 11) is 0. The van der Waals surface area contributed by atoms with Crippen molar-refractivity contribution in [3.63, 3.8) is 0 Å². The van der Waals surface area contributed by atoms with Gasteiger partial charge < -0.3 is 20.1 Å². The predicted molar refractivity (Wildman–Crippen MR) is 132 cm³/mol. The monoisotopic (exact) mass is 492 g/mol. The third-order valence-electron chi connectivity index (χ3n) is 6.86. The largest absolute Gasteiger partial charge is 0.476 e. The number of rotatable bonds is 5. The van der Waals surface area contributed by atoms with Gasteiger partial charge in [-0.25, -0.2) is 19.7 Å². The van der Waals surface area contributed by atoms with Crippen LogP contribution in [0, 0.1) is 23.7 Å². The molecule has 2 atom stereocenters. The van der Waals surface area contributed by atoms with E-state index in [1.807, 2.05) is 26.0 Å². The molecular formula is C25H25ClN6O3. The van der Waals surface area contributed by atoms with E-state index in [1.165, 1.54) is 0 Å². The number of halogens is 1. The van der Waals surface area contributed by atoms with Crippen LogP contribution in [0.15, 0.2) is 24.3 Å². The second-order valence-electron chi connectivity index (χ2n) is 9.40. The van der Waals surface area contributed by atoms with E-state index < -0.39 is 5.97 Å². The number of ether oxygens (including phenoxy) is 1. The lowest BCUT2D eigenvalue weighted by Crippen LogP contribution is -2.28. The van der Waals surface area contributed by atoms with Crippen molar-refractivity contribution in [2.75, 3.05) is 36.5 Å². The molecule has 10 heteroatoms. The van der Waals surface area contributed by atoms with E-state index in [4.69, 9.17) is 21.3 Å². The molecular weight excluding hydrogens is 468 g/mol. The van der Waals surface area contributed by atoms with E-state index in [-0.39, 0.29) is 22.3 Å². The summed E-state index contributed by atoms with van der Waals surface area (Å²) in [5, 5.41) is 22.8. The summed E-state index contributed by atoms with van der Waals surface area (Å²) < 4.78 is 5.66. The van der Waals surface area contributed by atoms with Crippen LogP contribution in [0.3, 0.4) is 0 Å². The Morgan fingerprint density at radius 2 is 2.14 bits per heavy atom. The van der Waals surface area contributed by atoms with Gasteiger partial charge in [0.2, 0.25) is 0 Å². The molecule has 35 heavy (non-hydrogen) atoms. The lowest BCUT2D eigenvalue weighted by Gasteiger charge is -2.24. The van der Waals surface area contributed by atoms with Gasteiger partial charge >= 0.3 is 5.97 Å². The van der Waals surface area contributed by atoms with Crippen molar-refractivity contribution < 1.29 is 14.6 Å². The second-order valence-corrected chi connectivity index (χ2v) is 9.79. The lowest BCUT2D eigenvalue weighted by atomic mass is 9.87. The second kappa shape index (κ2) is 8.95. The molecule has 0 amide bonds. The fourth-order valence-corrected chi connectivity index (χ4v) is 5.21. The molecule has 0 saturated carbocycles. The van der Waals surface area contributed by atoms with Crippen molar-refractivity contribution in [3.05, 3.63) is 51.9 Å². The number of pyridine rings is 1. The number of aromatic nitrogens is 3. The Morgan fingerprint density at radius 3 is 2.86 bits per heavy atom. The third kappa shape index (κ3) is 4.35. The van der Waals surface area contributed by atoms with Gasteiger partial charge in [0.25, 0.3) is 0 Å². The first-order valence-electron chi connectivity index (χ1n) is 11.5. The van der Waals surface area contributed by atoms with Crippen LogP contribution in [0.5, 0.6) is 0 Å². The quantitative estimate of drug-likeness (QED) is 0.500. The SMILES string of the molecule is Cc1cc([C@@H](C)Nc2ccc(Cl)nc2C(=O)O)c2nc(N3CC[C@]4(CCOC4)C3)c(C#N)nc2c1. The highest BCUT2D eigenvalue weighted by molar-refractivity contribution is 6.29. The molecule has 2 saturated heterocycles. The van der Waals surface area contributed by atoms with Gasteiger partial charge in [-0.2, -0.15) is 5.26 Å². The smallest absolute Gasteiger partial charge is 0.356 e. The van der Waals surface area contributed by atoms with Gasteiger partial charge in [0.1, 0.15) is 11.2 Å². The summed E-state index contributed by atoms with van der Waals surface area (Å²) in [6.07, 6.45) is 2.01. The van der Waals surface area contributed by atoms with Gasteiger partial charge in [0, 0.05) is 30.7 Å². The van der Waals surface area contributed by atoms with E-state index >= 15 is 0 Å².